The summed E-state index contributed by atoms with van der Waals surface area (Å²) in [6, 6.07) is 0. The molecule has 0 saturated carbocycles. The van der Waals surface area contributed by atoms with E-state index in [1.165, 1.54) is 6.20 Å². The second-order valence-corrected chi connectivity index (χ2v) is 5.11. The Morgan fingerprint density at radius 2 is 2.00 bits per heavy atom. The summed E-state index contributed by atoms with van der Waals surface area (Å²) in [7, 11) is 0. The van der Waals surface area contributed by atoms with Gasteiger partial charge in [-0.1, -0.05) is 20.8 Å². The second kappa shape index (κ2) is 4.33. The SMILES string of the molecule is CCC(N)(c1cnc(C(F)(F)F)s1)C(C)C. The minimum atomic E-state index is -4.38. The van der Waals surface area contributed by atoms with E-state index in [1.54, 1.807) is 0 Å². The lowest BCUT2D eigenvalue weighted by molar-refractivity contribution is -0.137. The highest BCUT2D eigenvalue weighted by Gasteiger charge is 2.38. The molecule has 1 unspecified atom stereocenters. The van der Waals surface area contributed by atoms with E-state index in [4.69, 9.17) is 5.73 Å². The third kappa shape index (κ3) is 2.38. The molecule has 0 bridgehead atoms. The first-order valence-electron chi connectivity index (χ1n) is 5.04. The molecule has 0 spiro atoms. The zero-order valence-electron chi connectivity index (χ0n) is 9.43. The molecule has 2 nitrogen and oxygen atoms in total. The number of alkyl halides is 3. The molecule has 0 radical (unpaired) electrons. The Bertz CT molecular complexity index is 359. The summed E-state index contributed by atoms with van der Waals surface area (Å²) in [6.07, 6.45) is -2.55. The maximum Gasteiger partial charge on any atom is 0.443 e. The van der Waals surface area contributed by atoms with Gasteiger partial charge in [-0.3, -0.25) is 0 Å². The number of thiazole rings is 1. The number of hydrogen-bond acceptors (Lipinski definition) is 3. The fraction of sp³-hybridized carbons (Fsp3) is 0.700. The topological polar surface area (TPSA) is 38.9 Å². The van der Waals surface area contributed by atoms with Crippen molar-refractivity contribution in [3.63, 3.8) is 0 Å². The molecule has 1 aromatic rings. The Kier molecular flexibility index (Phi) is 3.64. The highest BCUT2D eigenvalue weighted by atomic mass is 32.1. The van der Waals surface area contributed by atoms with Crippen molar-refractivity contribution >= 4 is 11.3 Å². The maximum atomic E-state index is 12.4. The van der Waals surface area contributed by atoms with E-state index in [-0.39, 0.29) is 5.92 Å². The lowest BCUT2D eigenvalue weighted by atomic mass is 9.84. The number of halogens is 3. The van der Waals surface area contributed by atoms with Gasteiger partial charge in [0.1, 0.15) is 0 Å². The van der Waals surface area contributed by atoms with E-state index < -0.39 is 16.7 Å². The van der Waals surface area contributed by atoms with Gasteiger partial charge in [0.25, 0.3) is 0 Å². The fourth-order valence-corrected chi connectivity index (χ4v) is 2.59. The zero-order valence-corrected chi connectivity index (χ0v) is 10.2. The van der Waals surface area contributed by atoms with Crippen LogP contribution in [0.5, 0.6) is 0 Å². The van der Waals surface area contributed by atoms with Gasteiger partial charge in [-0.2, -0.15) is 13.2 Å². The van der Waals surface area contributed by atoms with Gasteiger partial charge >= 0.3 is 6.18 Å². The summed E-state index contributed by atoms with van der Waals surface area (Å²) >= 11 is 0.639. The summed E-state index contributed by atoms with van der Waals surface area (Å²) in [5.74, 6) is 0.0685. The Labute approximate surface area is 96.7 Å². The van der Waals surface area contributed by atoms with E-state index >= 15 is 0 Å². The van der Waals surface area contributed by atoms with Crippen molar-refractivity contribution in [2.45, 2.75) is 38.9 Å². The van der Waals surface area contributed by atoms with Crippen LogP contribution < -0.4 is 5.73 Å². The van der Waals surface area contributed by atoms with Gasteiger partial charge in [0.2, 0.25) is 0 Å². The Hall–Kier alpha value is -0.620. The predicted molar refractivity (Wildman–Crippen MR) is 58.1 cm³/mol. The first kappa shape index (κ1) is 13.4. The van der Waals surface area contributed by atoms with Gasteiger partial charge in [-0.05, 0) is 12.3 Å². The largest absolute Gasteiger partial charge is 0.443 e. The molecule has 0 aliphatic carbocycles. The molecule has 0 aromatic carbocycles. The van der Waals surface area contributed by atoms with Crippen molar-refractivity contribution in [3.05, 3.63) is 16.1 Å². The third-order valence-corrected chi connectivity index (χ3v) is 4.06. The lowest BCUT2D eigenvalue weighted by Crippen LogP contribution is -2.40. The summed E-state index contributed by atoms with van der Waals surface area (Å²) in [5.41, 5.74) is 5.40. The van der Waals surface area contributed by atoms with Crippen LogP contribution in [0.2, 0.25) is 0 Å². The smallest absolute Gasteiger partial charge is 0.320 e. The summed E-state index contributed by atoms with van der Waals surface area (Å²) in [6.45, 7) is 5.67. The quantitative estimate of drug-likeness (QED) is 0.895. The van der Waals surface area contributed by atoms with Gasteiger partial charge < -0.3 is 5.73 Å². The highest BCUT2D eigenvalue weighted by molar-refractivity contribution is 7.11. The molecule has 16 heavy (non-hydrogen) atoms. The normalized spacial score (nSPS) is 16.5. The highest BCUT2D eigenvalue weighted by Crippen LogP contribution is 2.38. The molecule has 0 saturated heterocycles. The lowest BCUT2D eigenvalue weighted by Gasteiger charge is -2.31. The van der Waals surface area contributed by atoms with Crippen LogP contribution in [0.1, 0.15) is 37.1 Å². The van der Waals surface area contributed by atoms with Crippen LogP contribution in [-0.4, -0.2) is 4.98 Å². The number of rotatable bonds is 3. The number of nitrogens with zero attached hydrogens (tertiary/aromatic N) is 1. The number of hydrogen-bond donors (Lipinski definition) is 1. The van der Waals surface area contributed by atoms with Crippen molar-refractivity contribution < 1.29 is 13.2 Å². The average Bonchev–Trinajstić information content (AvgIpc) is 2.64. The molecule has 2 N–H and O–H groups in total. The van der Waals surface area contributed by atoms with Crippen molar-refractivity contribution in [2.75, 3.05) is 0 Å². The Morgan fingerprint density at radius 3 is 2.31 bits per heavy atom. The van der Waals surface area contributed by atoms with Crippen LogP contribution >= 0.6 is 11.3 Å². The van der Waals surface area contributed by atoms with E-state index in [2.05, 4.69) is 4.98 Å². The van der Waals surface area contributed by atoms with Crippen molar-refractivity contribution in [1.29, 1.82) is 0 Å². The van der Waals surface area contributed by atoms with E-state index in [1.807, 2.05) is 20.8 Å². The molecule has 1 atom stereocenters. The van der Waals surface area contributed by atoms with Crippen molar-refractivity contribution in [3.8, 4) is 0 Å². The number of aromatic nitrogens is 1. The van der Waals surface area contributed by atoms with Crippen LogP contribution in [0.15, 0.2) is 6.20 Å². The molecule has 1 rings (SSSR count). The van der Waals surface area contributed by atoms with Crippen LogP contribution in [0, 0.1) is 5.92 Å². The molecule has 0 amide bonds. The monoisotopic (exact) mass is 252 g/mol. The molecule has 1 aromatic heterocycles. The van der Waals surface area contributed by atoms with E-state index in [0.29, 0.717) is 22.6 Å². The summed E-state index contributed by atoms with van der Waals surface area (Å²) in [4.78, 5) is 3.89. The van der Waals surface area contributed by atoms with Gasteiger partial charge in [0, 0.05) is 11.1 Å². The zero-order chi connectivity index (χ0) is 12.6. The van der Waals surface area contributed by atoms with Crippen molar-refractivity contribution in [2.24, 2.45) is 11.7 Å². The molecule has 6 heteroatoms. The second-order valence-electron chi connectivity index (χ2n) is 4.08. The molecule has 0 aliphatic rings. The van der Waals surface area contributed by atoms with Gasteiger partial charge in [-0.25, -0.2) is 4.98 Å². The Balaban J connectivity index is 3.10. The van der Waals surface area contributed by atoms with Crippen LogP contribution in [0.25, 0.3) is 0 Å². The van der Waals surface area contributed by atoms with Gasteiger partial charge in [0.15, 0.2) is 5.01 Å². The predicted octanol–water partition coefficient (Wildman–Crippen LogP) is 3.38. The molecule has 0 fully saturated rings. The third-order valence-electron chi connectivity index (χ3n) is 2.82. The average molecular weight is 252 g/mol. The molecular weight excluding hydrogens is 237 g/mol. The standard InChI is InChI=1S/C10H15F3N2S/c1-4-9(14,6(2)3)7-5-15-8(16-7)10(11,12)13/h5-6H,4,14H2,1-3H3. The van der Waals surface area contributed by atoms with E-state index in [9.17, 15) is 13.2 Å². The van der Waals surface area contributed by atoms with Crippen LogP contribution in [-0.2, 0) is 11.7 Å². The maximum absolute atomic E-state index is 12.4. The van der Waals surface area contributed by atoms with Gasteiger partial charge in [0.05, 0.1) is 5.54 Å². The summed E-state index contributed by atoms with van der Waals surface area (Å²) in [5, 5.41) is -0.827. The van der Waals surface area contributed by atoms with Crippen LogP contribution in [0.3, 0.4) is 0 Å². The fourth-order valence-electron chi connectivity index (χ4n) is 1.49. The molecule has 0 aliphatic heterocycles. The minimum absolute atomic E-state index is 0.0685. The minimum Gasteiger partial charge on any atom is -0.320 e. The van der Waals surface area contributed by atoms with E-state index in [0.717, 1.165) is 0 Å². The summed E-state index contributed by atoms with van der Waals surface area (Å²) < 4.78 is 37.2. The van der Waals surface area contributed by atoms with Crippen LogP contribution in [0.4, 0.5) is 13.2 Å². The first-order chi connectivity index (χ1) is 7.21. The molecule has 1 heterocycles. The number of nitrogens with two attached hydrogens (primary N) is 1. The van der Waals surface area contributed by atoms with Gasteiger partial charge in [-0.15, -0.1) is 11.3 Å². The first-order valence-corrected chi connectivity index (χ1v) is 5.85. The molecule has 92 valence electrons. The Morgan fingerprint density at radius 1 is 1.44 bits per heavy atom. The molecular formula is C10H15F3N2S. The van der Waals surface area contributed by atoms with Crippen molar-refractivity contribution in [1.82, 2.24) is 4.98 Å².